The van der Waals surface area contributed by atoms with Gasteiger partial charge in [-0.05, 0) is 42.3 Å². The van der Waals surface area contributed by atoms with E-state index in [0.29, 0.717) is 12.1 Å². The number of sulfonamides is 1. The number of hydrazine groups is 1. The summed E-state index contributed by atoms with van der Waals surface area (Å²) in [6, 6.07) is 8.35. The number of nitrogen functional groups attached to an aromatic ring is 1. The fourth-order valence-electron chi connectivity index (χ4n) is 1.87. The Morgan fingerprint density at radius 3 is 2.76 bits per heavy atom. The quantitative estimate of drug-likeness (QED) is 0.554. The second-order valence-corrected chi connectivity index (χ2v) is 6.82. The van der Waals surface area contributed by atoms with Gasteiger partial charge in [-0.15, -0.1) is 0 Å². The van der Waals surface area contributed by atoms with E-state index in [1.165, 1.54) is 18.3 Å². The summed E-state index contributed by atoms with van der Waals surface area (Å²) >= 11 is 3.37. The Labute approximate surface area is 131 Å². The molecule has 0 aliphatic carbocycles. The van der Waals surface area contributed by atoms with E-state index >= 15 is 0 Å². The summed E-state index contributed by atoms with van der Waals surface area (Å²) in [6.07, 6.45) is 2.16. The van der Waals surface area contributed by atoms with Crippen LogP contribution < -0.4 is 16.0 Å². The number of rotatable bonds is 5. The summed E-state index contributed by atoms with van der Waals surface area (Å²) in [7, 11) is -3.77. The van der Waals surface area contributed by atoms with Crippen molar-refractivity contribution in [3.63, 3.8) is 0 Å². The predicted molar refractivity (Wildman–Crippen MR) is 86.4 cm³/mol. The van der Waals surface area contributed by atoms with Crippen molar-refractivity contribution in [3.05, 3.63) is 46.6 Å². The minimum atomic E-state index is -3.77. The van der Waals surface area contributed by atoms with E-state index in [1.807, 2.05) is 13.0 Å². The molecule has 0 unspecified atom stereocenters. The lowest BCUT2D eigenvalue weighted by molar-refractivity contribution is 0.601. The molecule has 0 radical (unpaired) electrons. The van der Waals surface area contributed by atoms with E-state index < -0.39 is 10.0 Å². The summed E-state index contributed by atoms with van der Waals surface area (Å²) in [6.45, 7) is 1.95. The average Bonchev–Trinajstić information content (AvgIpc) is 2.48. The van der Waals surface area contributed by atoms with E-state index in [2.05, 4.69) is 31.1 Å². The molecule has 21 heavy (non-hydrogen) atoms. The molecule has 8 heteroatoms. The van der Waals surface area contributed by atoms with Crippen molar-refractivity contribution < 1.29 is 8.42 Å². The maximum Gasteiger partial charge on any atom is 0.265 e. The van der Waals surface area contributed by atoms with Crippen LogP contribution in [-0.2, 0) is 16.4 Å². The molecule has 0 fully saturated rings. The first kappa shape index (κ1) is 15.7. The molecule has 0 saturated carbocycles. The summed E-state index contributed by atoms with van der Waals surface area (Å²) in [5.41, 5.74) is 3.71. The molecule has 0 amide bonds. The first-order chi connectivity index (χ1) is 9.97. The first-order valence-corrected chi connectivity index (χ1v) is 8.48. The van der Waals surface area contributed by atoms with Crippen molar-refractivity contribution in [1.82, 2.24) is 4.98 Å². The van der Waals surface area contributed by atoms with Gasteiger partial charge < -0.3 is 5.43 Å². The molecule has 2 aromatic rings. The number of pyridine rings is 1. The molecule has 1 heterocycles. The molecule has 2 rings (SSSR count). The molecule has 0 aliphatic rings. The topological polar surface area (TPSA) is 97.1 Å². The number of benzene rings is 1. The van der Waals surface area contributed by atoms with Gasteiger partial charge >= 0.3 is 0 Å². The zero-order valence-electron chi connectivity index (χ0n) is 11.3. The highest BCUT2D eigenvalue weighted by atomic mass is 79.9. The SMILES string of the molecule is CCc1cc(Br)ccc1NS(=O)(=O)c1cccnc1NN. The number of hydrogen-bond donors (Lipinski definition) is 3. The molecule has 0 atom stereocenters. The van der Waals surface area contributed by atoms with Crippen molar-refractivity contribution in [3.8, 4) is 0 Å². The van der Waals surface area contributed by atoms with Crippen molar-refractivity contribution in [2.24, 2.45) is 5.84 Å². The average molecular weight is 371 g/mol. The Bertz CT molecular complexity index is 750. The number of hydrogen-bond acceptors (Lipinski definition) is 5. The highest BCUT2D eigenvalue weighted by Gasteiger charge is 2.20. The molecule has 112 valence electrons. The van der Waals surface area contributed by atoms with Gasteiger partial charge in [0.05, 0.1) is 5.69 Å². The molecule has 6 nitrogen and oxygen atoms in total. The summed E-state index contributed by atoms with van der Waals surface area (Å²) in [5, 5.41) is 0. The minimum absolute atomic E-state index is 0.00234. The molecule has 0 bridgehead atoms. The molecule has 4 N–H and O–H groups in total. The summed E-state index contributed by atoms with van der Waals surface area (Å²) in [5.74, 6) is 5.40. The Morgan fingerprint density at radius 2 is 2.10 bits per heavy atom. The molecular formula is C13H15BrN4O2S. The maximum absolute atomic E-state index is 12.5. The fourth-order valence-corrected chi connectivity index (χ4v) is 3.50. The van der Waals surface area contributed by atoms with Gasteiger partial charge in [-0.2, -0.15) is 0 Å². The van der Waals surface area contributed by atoms with Gasteiger partial charge in [0.2, 0.25) is 0 Å². The Hall–Kier alpha value is -1.64. The number of aryl methyl sites for hydroxylation is 1. The first-order valence-electron chi connectivity index (χ1n) is 6.21. The second kappa shape index (κ2) is 6.42. The third-order valence-electron chi connectivity index (χ3n) is 2.89. The number of nitrogens with two attached hydrogens (primary N) is 1. The van der Waals surface area contributed by atoms with Crippen LogP contribution >= 0.6 is 15.9 Å². The van der Waals surface area contributed by atoms with Crippen LogP contribution in [0.3, 0.4) is 0 Å². The van der Waals surface area contributed by atoms with Gasteiger partial charge in [0.1, 0.15) is 4.90 Å². The number of aromatic nitrogens is 1. The second-order valence-electron chi connectivity index (χ2n) is 4.26. The van der Waals surface area contributed by atoms with Gasteiger partial charge in [0, 0.05) is 10.7 Å². The van der Waals surface area contributed by atoms with E-state index in [9.17, 15) is 8.42 Å². The van der Waals surface area contributed by atoms with Crippen molar-refractivity contribution in [1.29, 1.82) is 0 Å². The minimum Gasteiger partial charge on any atom is -0.307 e. The molecule has 0 aliphatic heterocycles. The molecule has 0 spiro atoms. The molecule has 1 aromatic heterocycles. The predicted octanol–water partition coefficient (Wildman–Crippen LogP) is 2.49. The van der Waals surface area contributed by atoms with Crippen LogP contribution in [-0.4, -0.2) is 13.4 Å². The molecule has 0 saturated heterocycles. The van der Waals surface area contributed by atoms with Gasteiger partial charge in [0.25, 0.3) is 10.0 Å². The highest BCUT2D eigenvalue weighted by Crippen LogP contribution is 2.26. The monoisotopic (exact) mass is 370 g/mol. The maximum atomic E-state index is 12.5. The van der Waals surface area contributed by atoms with Crippen LogP contribution in [0.4, 0.5) is 11.5 Å². The number of nitrogens with zero attached hydrogens (tertiary/aromatic N) is 1. The van der Waals surface area contributed by atoms with Crippen molar-refractivity contribution in [2.75, 3.05) is 10.1 Å². The lowest BCUT2D eigenvalue weighted by atomic mass is 10.1. The van der Waals surface area contributed by atoms with Gasteiger partial charge in [-0.25, -0.2) is 19.2 Å². The standard InChI is InChI=1S/C13H15BrN4O2S/c1-2-9-8-10(14)5-6-11(9)18-21(19,20)12-4-3-7-16-13(12)17-15/h3-8,18H,2,15H2,1H3,(H,16,17). The lowest BCUT2D eigenvalue weighted by Crippen LogP contribution is -2.19. The van der Waals surface area contributed by atoms with Crippen LogP contribution in [0.5, 0.6) is 0 Å². The van der Waals surface area contributed by atoms with Crippen LogP contribution in [0, 0.1) is 0 Å². The third-order valence-corrected chi connectivity index (χ3v) is 4.78. The number of halogens is 1. The number of anilines is 2. The number of nitrogens with one attached hydrogen (secondary N) is 2. The lowest BCUT2D eigenvalue weighted by Gasteiger charge is -2.13. The van der Waals surface area contributed by atoms with Crippen LogP contribution in [0.1, 0.15) is 12.5 Å². The smallest absolute Gasteiger partial charge is 0.265 e. The Balaban J connectivity index is 2.42. The summed E-state index contributed by atoms with van der Waals surface area (Å²) < 4.78 is 28.4. The largest absolute Gasteiger partial charge is 0.307 e. The van der Waals surface area contributed by atoms with E-state index in [-0.39, 0.29) is 10.7 Å². The van der Waals surface area contributed by atoms with Crippen molar-refractivity contribution in [2.45, 2.75) is 18.2 Å². The van der Waals surface area contributed by atoms with E-state index in [0.717, 1.165) is 10.0 Å². The van der Waals surface area contributed by atoms with Gasteiger partial charge in [0.15, 0.2) is 5.82 Å². The van der Waals surface area contributed by atoms with Crippen LogP contribution in [0.25, 0.3) is 0 Å². The zero-order valence-corrected chi connectivity index (χ0v) is 13.7. The van der Waals surface area contributed by atoms with Gasteiger partial charge in [-0.3, -0.25) is 4.72 Å². The molecule has 1 aromatic carbocycles. The van der Waals surface area contributed by atoms with Gasteiger partial charge in [-0.1, -0.05) is 22.9 Å². The normalized spacial score (nSPS) is 11.2. The Kier molecular flexibility index (Phi) is 4.81. The Morgan fingerprint density at radius 1 is 1.33 bits per heavy atom. The highest BCUT2D eigenvalue weighted by molar-refractivity contribution is 9.10. The van der Waals surface area contributed by atoms with Crippen LogP contribution in [0.15, 0.2) is 45.9 Å². The van der Waals surface area contributed by atoms with E-state index in [4.69, 9.17) is 5.84 Å². The van der Waals surface area contributed by atoms with Crippen molar-refractivity contribution >= 4 is 37.5 Å². The molecular weight excluding hydrogens is 356 g/mol. The summed E-state index contributed by atoms with van der Waals surface area (Å²) in [4.78, 5) is 3.90. The zero-order chi connectivity index (χ0) is 15.5. The third kappa shape index (κ3) is 3.52. The van der Waals surface area contributed by atoms with E-state index in [1.54, 1.807) is 12.1 Å². The van der Waals surface area contributed by atoms with Crippen LogP contribution in [0.2, 0.25) is 0 Å². The fraction of sp³-hybridized carbons (Fsp3) is 0.154.